The van der Waals surface area contributed by atoms with E-state index in [1.54, 1.807) is 49.6 Å². The van der Waals surface area contributed by atoms with Crippen molar-refractivity contribution >= 4 is 23.2 Å². The van der Waals surface area contributed by atoms with Gasteiger partial charge in [-0.2, -0.15) is 0 Å². The second-order valence-electron chi connectivity index (χ2n) is 6.79. The van der Waals surface area contributed by atoms with Gasteiger partial charge in [0.05, 0.1) is 7.11 Å². The summed E-state index contributed by atoms with van der Waals surface area (Å²) in [6, 6.07) is 19.9. The van der Waals surface area contributed by atoms with Crippen molar-refractivity contribution in [1.29, 1.82) is 0 Å². The molecule has 0 fully saturated rings. The van der Waals surface area contributed by atoms with Gasteiger partial charge in [0.1, 0.15) is 18.1 Å². The number of anilines is 2. The lowest BCUT2D eigenvalue weighted by molar-refractivity contribution is -0.114. The van der Waals surface area contributed by atoms with Crippen LogP contribution in [-0.4, -0.2) is 18.9 Å². The van der Waals surface area contributed by atoms with Gasteiger partial charge in [-0.25, -0.2) is 0 Å². The molecule has 0 bridgehead atoms. The molecular formula is C24H24N2O4. The molecule has 3 rings (SSSR count). The molecule has 2 N–H and O–H groups in total. The fourth-order valence-electron chi connectivity index (χ4n) is 2.95. The Morgan fingerprint density at radius 2 is 1.53 bits per heavy atom. The number of amides is 2. The van der Waals surface area contributed by atoms with Crippen LogP contribution in [0.15, 0.2) is 66.7 Å². The van der Waals surface area contributed by atoms with Crippen molar-refractivity contribution in [1.82, 2.24) is 0 Å². The molecule has 3 aromatic rings. The van der Waals surface area contributed by atoms with Crippen LogP contribution in [-0.2, 0) is 11.4 Å². The van der Waals surface area contributed by atoms with Crippen LogP contribution in [0.4, 0.5) is 11.4 Å². The average Bonchev–Trinajstić information content (AvgIpc) is 2.74. The monoisotopic (exact) mass is 404 g/mol. The number of benzene rings is 3. The minimum atomic E-state index is -0.248. The molecule has 0 aliphatic rings. The summed E-state index contributed by atoms with van der Waals surface area (Å²) in [6.45, 7) is 3.70. The summed E-state index contributed by atoms with van der Waals surface area (Å²) in [5.41, 5.74) is 3.59. The molecule has 30 heavy (non-hydrogen) atoms. The predicted octanol–water partition coefficient (Wildman–Crippen LogP) is 4.79. The highest BCUT2D eigenvalue weighted by Crippen LogP contribution is 2.24. The predicted molar refractivity (Wildman–Crippen MR) is 117 cm³/mol. The number of para-hydroxylation sites is 1. The quantitative estimate of drug-likeness (QED) is 0.593. The Hall–Kier alpha value is -3.80. The number of carbonyl (C=O) groups excluding carboxylic acids is 2. The maximum Gasteiger partial charge on any atom is 0.255 e. The van der Waals surface area contributed by atoms with Gasteiger partial charge < -0.3 is 20.1 Å². The van der Waals surface area contributed by atoms with Gasteiger partial charge in [0, 0.05) is 29.4 Å². The van der Waals surface area contributed by atoms with E-state index in [4.69, 9.17) is 9.47 Å². The van der Waals surface area contributed by atoms with Crippen molar-refractivity contribution in [3.05, 3.63) is 83.4 Å². The van der Waals surface area contributed by atoms with Crippen LogP contribution in [0.25, 0.3) is 0 Å². The van der Waals surface area contributed by atoms with E-state index in [0.717, 1.165) is 16.9 Å². The summed E-state index contributed by atoms with van der Waals surface area (Å²) in [6.07, 6.45) is 0. The molecule has 0 atom stereocenters. The van der Waals surface area contributed by atoms with E-state index in [1.807, 2.05) is 31.2 Å². The normalized spacial score (nSPS) is 10.2. The first-order valence-electron chi connectivity index (χ1n) is 9.50. The Morgan fingerprint density at radius 1 is 0.867 bits per heavy atom. The lowest BCUT2D eigenvalue weighted by Gasteiger charge is -2.13. The van der Waals surface area contributed by atoms with Gasteiger partial charge in [-0.15, -0.1) is 0 Å². The highest BCUT2D eigenvalue weighted by Gasteiger charge is 2.12. The first-order valence-corrected chi connectivity index (χ1v) is 9.50. The summed E-state index contributed by atoms with van der Waals surface area (Å²) in [5.74, 6) is 1.04. The molecule has 0 aromatic heterocycles. The minimum absolute atomic E-state index is 0.148. The summed E-state index contributed by atoms with van der Waals surface area (Å²) >= 11 is 0. The number of hydrogen-bond donors (Lipinski definition) is 2. The number of ether oxygens (including phenoxy) is 2. The van der Waals surface area contributed by atoms with Crippen molar-refractivity contribution in [3.63, 3.8) is 0 Å². The third kappa shape index (κ3) is 5.38. The number of hydrogen-bond acceptors (Lipinski definition) is 4. The molecule has 0 radical (unpaired) electrons. The zero-order valence-electron chi connectivity index (χ0n) is 17.2. The Bertz CT molecular complexity index is 1050. The Morgan fingerprint density at radius 3 is 2.17 bits per heavy atom. The van der Waals surface area contributed by atoms with Crippen molar-refractivity contribution in [2.75, 3.05) is 17.7 Å². The highest BCUT2D eigenvalue weighted by molar-refractivity contribution is 6.04. The zero-order chi connectivity index (χ0) is 21.5. The van der Waals surface area contributed by atoms with E-state index >= 15 is 0 Å². The van der Waals surface area contributed by atoms with Crippen LogP contribution in [0, 0.1) is 6.92 Å². The van der Waals surface area contributed by atoms with Crippen LogP contribution in [0.5, 0.6) is 11.5 Å². The largest absolute Gasteiger partial charge is 0.496 e. The lowest BCUT2D eigenvalue weighted by Crippen LogP contribution is -2.13. The summed E-state index contributed by atoms with van der Waals surface area (Å²) in [4.78, 5) is 23.8. The molecule has 0 saturated carbocycles. The number of carbonyl (C=O) groups is 2. The Kier molecular flexibility index (Phi) is 6.70. The van der Waals surface area contributed by atoms with Gasteiger partial charge >= 0.3 is 0 Å². The molecule has 0 aliphatic heterocycles. The molecule has 0 heterocycles. The molecule has 6 nitrogen and oxygen atoms in total. The molecule has 3 aromatic carbocycles. The van der Waals surface area contributed by atoms with Gasteiger partial charge in [0.25, 0.3) is 5.91 Å². The second-order valence-corrected chi connectivity index (χ2v) is 6.79. The first-order chi connectivity index (χ1) is 14.5. The molecule has 0 unspecified atom stereocenters. The second kappa shape index (κ2) is 9.60. The van der Waals surface area contributed by atoms with Gasteiger partial charge in [-0.3, -0.25) is 9.59 Å². The third-order valence-corrected chi connectivity index (χ3v) is 4.48. The van der Waals surface area contributed by atoms with E-state index in [2.05, 4.69) is 10.6 Å². The van der Waals surface area contributed by atoms with Crippen LogP contribution in [0.1, 0.15) is 28.4 Å². The van der Waals surface area contributed by atoms with Gasteiger partial charge in [0.2, 0.25) is 5.91 Å². The molecule has 154 valence electrons. The summed E-state index contributed by atoms with van der Waals surface area (Å²) in [7, 11) is 1.59. The standard InChI is InChI=1S/C24H24N2O4/c1-16-6-4-5-7-22(16)30-15-19-14-18(8-13-23(19)29-3)24(28)26-21-11-9-20(10-12-21)25-17(2)27/h4-14H,15H2,1-3H3,(H,25,27)(H,26,28). The van der Waals surface area contributed by atoms with Crippen LogP contribution >= 0.6 is 0 Å². The van der Waals surface area contributed by atoms with Gasteiger partial charge in [-0.05, 0) is 61.0 Å². The van der Waals surface area contributed by atoms with Crippen molar-refractivity contribution < 1.29 is 19.1 Å². The number of methoxy groups -OCH3 is 1. The van der Waals surface area contributed by atoms with Gasteiger partial charge in [-0.1, -0.05) is 18.2 Å². The van der Waals surface area contributed by atoms with Crippen LogP contribution < -0.4 is 20.1 Å². The smallest absolute Gasteiger partial charge is 0.255 e. The average molecular weight is 404 g/mol. The fraction of sp³-hybridized carbons (Fsp3) is 0.167. The van der Waals surface area contributed by atoms with E-state index in [0.29, 0.717) is 22.7 Å². The number of aryl methyl sites for hydroxylation is 1. The molecule has 2 amide bonds. The molecule has 0 aliphatic carbocycles. The maximum absolute atomic E-state index is 12.7. The SMILES string of the molecule is COc1ccc(C(=O)Nc2ccc(NC(C)=O)cc2)cc1COc1ccccc1C. The Labute approximate surface area is 175 Å². The number of nitrogens with one attached hydrogen (secondary N) is 2. The van der Waals surface area contributed by atoms with Gasteiger partial charge in [0.15, 0.2) is 0 Å². The van der Waals surface area contributed by atoms with Crippen molar-refractivity contribution in [2.45, 2.75) is 20.5 Å². The molecular weight excluding hydrogens is 380 g/mol. The van der Waals surface area contributed by atoms with E-state index < -0.39 is 0 Å². The fourth-order valence-corrected chi connectivity index (χ4v) is 2.95. The number of rotatable bonds is 7. The summed E-state index contributed by atoms with van der Waals surface area (Å²) < 4.78 is 11.3. The van der Waals surface area contributed by atoms with Crippen molar-refractivity contribution in [3.8, 4) is 11.5 Å². The van der Waals surface area contributed by atoms with E-state index in [-0.39, 0.29) is 18.4 Å². The highest BCUT2D eigenvalue weighted by atomic mass is 16.5. The van der Waals surface area contributed by atoms with Crippen molar-refractivity contribution in [2.24, 2.45) is 0 Å². The Balaban J connectivity index is 1.72. The molecule has 0 spiro atoms. The maximum atomic E-state index is 12.7. The molecule has 0 saturated heterocycles. The van der Waals surface area contributed by atoms with E-state index in [1.165, 1.54) is 6.92 Å². The van der Waals surface area contributed by atoms with Crippen LogP contribution in [0.3, 0.4) is 0 Å². The zero-order valence-corrected chi connectivity index (χ0v) is 17.2. The minimum Gasteiger partial charge on any atom is -0.496 e. The lowest BCUT2D eigenvalue weighted by atomic mass is 10.1. The first kappa shape index (κ1) is 20.9. The summed E-state index contributed by atoms with van der Waals surface area (Å²) in [5, 5.41) is 5.54. The third-order valence-electron chi connectivity index (χ3n) is 4.48. The topological polar surface area (TPSA) is 76.7 Å². The molecule has 6 heteroatoms. The van der Waals surface area contributed by atoms with E-state index in [9.17, 15) is 9.59 Å². The van der Waals surface area contributed by atoms with Crippen LogP contribution in [0.2, 0.25) is 0 Å².